The molecule has 0 spiro atoms. The maximum absolute atomic E-state index is 5.75. The minimum Gasteiger partial charge on any atom is -0.489 e. The van der Waals surface area contributed by atoms with Gasteiger partial charge in [-0.25, -0.2) is 0 Å². The van der Waals surface area contributed by atoms with E-state index in [-0.39, 0.29) is 23.5 Å². The quantitative estimate of drug-likeness (QED) is 0.0156. The Labute approximate surface area is 653 Å². The number of ether oxygens (including phenoxy) is 5. The number of thiol groups is 5. The number of unbranched alkanes of at least 4 members (excludes halogenated alkanes) is 10. The van der Waals surface area contributed by atoms with Crippen molar-refractivity contribution in [3.63, 3.8) is 0 Å². The van der Waals surface area contributed by atoms with Crippen LogP contribution in [0.1, 0.15) is 187 Å². The van der Waals surface area contributed by atoms with Gasteiger partial charge in [-0.2, -0.15) is 0 Å². The van der Waals surface area contributed by atoms with Gasteiger partial charge < -0.3 is 23.7 Å². The van der Waals surface area contributed by atoms with Crippen molar-refractivity contribution in [1.29, 1.82) is 0 Å². The second kappa shape index (κ2) is 58.7. The van der Waals surface area contributed by atoms with Crippen molar-refractivity contribution in [3.05, 3.63) is 298 Å². The lowest BCUT2D eigenvalue weighted by molar-refractivity contribution is 0.306. The van der Waals surface area contributed by atoms with Gasteiger partial charge in [0.25, 0.3) is 0 Å². The minimum atomic E-state index is 0. The molecule has 0 heterocycles. The average molecular weight is 1530 g/mol. The van der Waals surface area contributed by atoms with E-state index in [0.717, 1.165) is 53.2 Å². The van der Waals surface area contributed by atoms with E-state index in [1.807, 2.05) is 121 Å². The third-order valence-electron chi connectivity index (χ3n) is 16.7. The highest BCUT2D eigenvalue weighted by Gasteiger charge is 2.05. The molecule has 0 bridgehead atoms. The summed E-state index contributed by atoms with van der Waals surface area (Å²) in [7, 11) is 0. The van der Waals surface area contributed by atoms with Gasteiger partial charge in [-0.1, -0.05) is 220 Å². The van der Waals surface area contributed by atoms with Crippen LogP contribution in [0.25, 0.3) is 0 Å². The van der Waals surface area contributed by atoms with Crippen LogP contribution >= 0.6 is 63.1 Å². The Morgan fingerprint density at radius 2 is 0.295 bits per heavy atom. The van der Waals surface area contributed by atoms with E-state index < -0.39 is 0 Å². The number of benzene rings is 10. The molecule has 0 aliphatic heterocycles. The van der Waals surface area contributed by atoms with Crippen LogP contribution in [-0.4, -0.2) is 0 Å². The molecular weight excluding hydrogens is 1420 g/mol. The standard InChI is InChI=1S/5C18H22OS.5FH/c5*1-2-3-4-5-15-6-8-16(9-7-15)14-19-17-10-12-18(20)13-11-17;;;;;/h5*6-13,20H,2-5,14H2,1H3;5*1H. The fraction of sp³-hybridized carbons (Fsp3) is 0.333. The van der Waals surface area contributed by atoms with E-state index in [4.69, 9.17) is 23.7 Å². The van der Waals surface area contributed by atoms with Crippen LogP contribution in [0.15, 0.2) is 267 Å². The van der Waals surface area contributed by atoms with Crippen molar-refractivity contribution in [1.82, 2.24) is 0 Å². The first-order chi connectivity index (χ1) is 48.9. The third-order valence-corrected chi connectivity index (χ3v) is 18.2. The van der Waals surface area contributed by atoms with Crippen LogP contribution in [-0.2, 0) is 65.1 Å². The van der Waals surface area contributed by atoms with Gasteiger partial charge >= 0.3 is 0 Å². The summed E-state index contributed by atoms with van der Waals surface area (Å²) in [6.45, 7) is 14.2. The molecule has 0 fully saturated rings. The van der Waals surface area contributed by atoms with Gasteiger partial charge in [0, 0.05) is 24.5 Å². The molecule has 0 aliphatic carbocycles. The lowest BCUT2D eigenvalue weighted by Crippen LogP contribution is -1.95. The van der Waals surface area contributed by atoms with Crippen LogP contribution in [0.3, 0.4) is 0 Å². The van der Waals surface area contributed by atoms with Crippen molar-refractivity contribution in [2.75, 3.05) is 0 Å². The third kappa shape index (κ3) is 42.5. The molecule has 0 unspecified atom stereocenters. The lowest BCUT2D eigenvalue weighted by atomic mass is 10.1. The van der Waals surface area contributed by atoms with E-state index in [9.17, 15) is 0 Å². The molecule has 0 N–H and O–H groups in total. The summed E-state index contributed by atoms with van der Waals surface area (Å²) in [6.07, 6.45) is 25.2. The first-order valence-corrected chi connectivity index (χ1v) is 38.6. The average Bonchev–Trinajstić information content (AvgIpc) is 0.996. The molecule has 10 rings (SSSR count). The summed E-state index contributed by atoms with van der Waals surface area (Å²) in [5.74, 6) is 4.42. The molecule has 5 nitrogen and oxygen atoms in total. The number of halogens is 5. The van der Waals surface area contributed by atoms with Gasteiger partial charge in [-0.3, -0.25) is 23.5 Å². The van der Waals surface area contributed by atoms with E-state index in [1.165, 1.54) is 184 Å². The fourth-order valence-corrected chi connectivity index (χ4v) is 11.2. The lowest BCUT2D eigenvalue weighted by Gasteiger charge is -2.07. The Balaban J connectivity index is 0.000000649. The van der Waals surface area contributed by atoms with Crippen molar-refractivity contribution in [2.45, 2.75) is 221 Å². The summed E-state index contributed by atoms with van der Waals surface area (Å²) in [5, 5.41) is 0. The van der Waals surface area contributed by atoms with E-state index >= 15 is 0 Å². The molecule has 0 aliphatic rings. The van der Waals surface area contributed by atoms with E-state index in [1.54, 1.807) is 0 Å². The zero-order chi connectivity index (χ0) is 71.0. The topological polar surface area (TPSA) is 46.2 Å². The molecule has 0 saturated carbocycles. The monoisotopic (exact) mass is 1530 g/mol. The van der Waals surface area contributed by atoms with Crippen molar-refractivity contribution in [3.8, 4) is 28.7 Å². The molecule has 0 radical (unpaired) electrons. The molecule has 0 amide bonds. The normalized spacial score (nSPS) is 10.0. The summed E-state index contributed by atoms with van der Waals surface area (Å²) in [6, 6.07) is 82.6. The Morgan fingerprint density at radius 1 is 0.171 bits per heavy atom. The largest absolute Gasteiger partial charge is 0.489 e. The summed E-state index contributed by atoms with van der Waals surface area (Å²) in [4.78, 5) is 4.76. The van der Waals surface area contributed by atoms with Gasteiger partial charge in [0.1, 0.15) is 61.8 Å². The molecule has 10 aromatic rings. The van der Waals surface area contributed by atoms with E-state index in [0.29, 0.717) is 33.0 Å². The molecule has 570 valence electrons. The first-order valence-electron chi connectivity index (χ1n) is 36.4. The fourth-order valence-electron chi connectivity index (χ4n) is 10.5. The molecule has 10 aromatic carbocycles. The first kappa shape index (κ1) is 95.6. The Bertz CT molecular complexity index is 3110. The molecular formula is C90H115F5O5S5. The van der Waals surface area contributed by atoms with Crippen LogP contribution in [0.2, 0.25) is 0 Å². The van der Waals surface area contributed by atoms with Gasteiger partial charge in [0.15, 0.2) is 0 Å². The van der Waals surface area contributed by atoms with Crippen LogP contribution in [0, 0.1) is 0 Å². The summed E-state index contributed by atoms with van der Waals surface area (Å²) >= 11 is 21.3. The number of aryl methyl sites for hydroxylation is 5. The molecule has 0 atom stereocenters. The molecule has 105 heavy (non-hydrogen) atoms. The smallest absolute Gasteiger partial charge is 0.119 e. The van der Waals surface area contributed by atoms with Gasteiger partial charge in [0.05, 0.1) is 0 Å². The summed E-state index contributed by atoms with van der Waals surface area (Å²) in [5.41, 5.74) is 13.1. The van der Waals surface area contributed by atoms with Crippen LogP contribution in [0.4, 0.5) is 23.5 Å². The van der Waals surface area contributed by atoms with Crippen molar-refractivity contribution < 1.29 is 47.2 Å². The molecule has 0 aromatic heterocycles. The highest BCUT2D eigenvalue weighted by Crippen LogP contribution is 2.23. The predicted molar refractivity (Wildman–Crippen MR) is 451 cm³/mol. The zero-order valence-corrected chi connectivity index (χ0v) is 66.6. The van der Waals surface area contributed by atoms with Crippen LogP contribution < -0.4 is 23.7 Å². The van der Waals surface area contributed by atoms with E-state index in [2.05, 4.69) is 219 Å². The van der Waals surface area contributed by atoms with Crippen LogP contribution in [0.5, 0.6) is 28.7 Å². The van der Waals surface area contributed by atoms with Gasteiger partial charge in [0.2, 0.25) is 0 Å². The highest BCUT2D eigenvalue weighted by atomic mass is 32.1. The summed E-state index contributed by atoms with van der Waals surface area (Å²) < 4.78 is 28.8. The van der Waals surface area contributed by atoms with Gasteiger partial charge in [-0.15, -0.1) is 63.1 Å². The Morgan fingerprint density at radius 3 is 0.419 bits per heavy atom. The Hall–Kier alpha value is -7.40. The highest BCUT2D eigenvalue weighted by molar-refractivity contribution is 7.81. The number of hydrogen-bond donors (Lipinski definition) is 5. The van der Waals surface area contributed by atoms with Crippen molar-refractivity contribution >= 4 is 63.1 Å². The van der Waals surface area contributed by atoms with Crippen molar-refractivity contribution in [2.24, 2.45) is 0 Å². The second-order valence-corrected chi connectivity index (χ2v) is 27.9. The second-order valence-electron chi connectivity index (χ2n) is 25.3. The minimum absolute atomic E-state index is 0. The maximum Gasteiger partial charge on any atom is 0.119 e. The maximum atomic E-state index is 5.75. The Kier molecular flexibility index (Phi) is 53.5. The van der Waals surface area contributed by atoms with Gasteiger partial charge in [-0.05, 0) is 241 Å². The predicted octanol–water partition coefficient (Wildman–Crippen LogP) is 27.2. The molecule has 0 saturated heterocycles. The SMILES string of the molecule is CCCCCc1ccc(COc2ccc(S)cc2)cc1.CCCCCc1ccc(COc2ccc(S)cc2)cc1.CCCCCc1ccc(COc2ccc(S)cc2)cc1.CCCCCc1ccc(COc2ccc(S)cc2)cc1.CCCCCc1ccc(COc2ccc(S)cc2)cc1.F.F.F.F.F. The molecule has 15 heteroatoms. The number of rotatable bonds is 35. The number of hydrogen-bond acceptors (Lipinski definition) is 10. The zero-order valence-electron chi connectivity index (χ0n) is 62.1.